The molecular formula is C16H11F3N2O. The first-order valence-corrected chi connectivity index (χ1v) is 6.52. The van der Waals surface area contributed by atoms with Gasteiger partial charge in [-0.05, 0) is 36.8 Å². The summed E-state index contributed by atoms with van der Waals surface area (Å²) in [6.45, 7) is 1.92. The third-order valence-corrected chi connectivity index (χ3v) is 3.27. The van der Waals surface area contributed by atoms with Gasteiger partial charge >= 0.3 is 6.18 Å². The molecule has 0 amide bonds. The molecule has 112 valence electrons. The standard InChI is InChI=1S/C16H11F3N2O/c1-10-4-2-3-5-13(10)14-20-15(22-21-14)11-6-8-12(9-7-11)16(17,18)19/h2-9H,1H3. The maximum atomic E-state index is 12.5. The van der Waals surface area contributed by atoms with Crippen LogP contribution in [-0.2, 0) is 6.18 Å². The van der Waals surface area contributed by atoms with E-state index >= 15 is 0 Å². The Bertz CT molecular complexity index is 792. The molecule has 0 aliphatic rings. The van der Waals surface area contributed by atoms with Crippen molar-refractivity contribution in [3.05, 3.63) is 59.7 Å². The molecule has 3 aromatic rings. The normalized spacial score (nSPS) is 11.6. The molecular weight excluding hydrogens is 293 g/mol. The second-order valence-electron chi connectivity index (χ2n) is 4.81. The van der Waals surface area contributed by atoms with E-state index in [2.05, 4.69) is 10.1 Å². The fourth-order valence-electron chi connectivity index (χ4n) is 2.08. The molecule has 0 fully saturated rings. The number of hydrogen-bond acceptors (Lipinski definition) is 3. The average Bonchev–Trinajstić information content (AvgIpc) is 2.96. The minimum Gasteiger partial charge on any atom is -0.334 e. The molecule has 0 radical (unpaired) electrons. The summed E-state index contributed by atoms with van der Waals surface area (Å²) in [5.41, 5.74) is 1.54. The molecule has 0 bridgehead atoms. The van der Waals surface area contributed by atoms with E-state index in [4.69, 9.17) is 4.52 Å². The summed E-state index contributed by atoms with van der Waals surface area (Å²) < 4.78 is 42.8. The summed E-state index contributed by atoms with van der Waals surface area (Å²) in [6.07, 6.45) is -4.36. The number of alkyl halides is 3. The van der Waals surface area contributed by atoms with Gasteiger partial charge in [-0.3, -0.25) is 0 Å². The van der Waals surface area contributed by atoms with Gasteiger partial charge in [-0.15, -0.1) is 0 Å². The zero-order valence-corrected chi connectivity index (χ0v) is 11.6. The van der Waals surface area contributed by atoms with Crippen LogP contribution in [-0.4, -0.2) is 10.1 Å². The Balaban J connectivity index is 1.93. The quantitative estimate of drug-likeness (QED) is 0.687. The van der Waals surface area contributed by atoms with Gasteiger partial charge in [-0.2, -0.15) is 18.2 Å². The van der Waals surface area contributed by atoms with E-state index in [9.17, 15) is 13.2 Å². The van der Waals surface area contributed by atoms with Crippen molar-refractivity contribution >= 4 is 0 Å². The lowest BCUT2D eigenvalue weighted by Gasteiger charge is -2.05. The van der Waals surface area contributed by atoms with Crippen molar-refractivity contribution < 1.29 is 17.7 Å². The SMILES string of the molecule is Cc1ccccc1-c1noc(-c2ccc(C(F)(F)F)cc2)n1. The molecule has 6 heteroatoms. The van der Waals surface area contributed by atoms with Crippen LogP contribution in [0.3, 0.4) is 0 Å². The topological polar surface area (TPSA) is 38.9 Å². The van der Waals surface area contributed by atoms with E-state index in [1.54, 1.807) is 0 Å². The Kier molecular flexibility index (Phi) is 3.44. The average molecular weight is 304 g/mol. The van der Waals surface area contributed by atoms with Gasteiger partial charge in [0, 0.05) is 11.1 Å². The number of nitrogens with zero attached hydrogens (tertiary/aromatic N) is 2. The molecule has 3 rings (SSSR count). The molecule has 0 saturated heterocycles. The first-order chi connectivity index (χ1) is 10.4. The van der Waals surface area contributed by atoms with E-state index in [0.717, 1.165) is 23.3 Å². The van der Waals surface area contributed by atoms with Crippen LogP contribution < -0.4 is 0 Å². The van der Waals surface area contributed by atoms with Crippen molar-refractivity contribution in [2.24, 2.45) is 0 Å². The van der Waals surface area contributed by atoms with Crippen molar-refractivity contribution in [2.45, 2.75) is 13.1 Å². The van der Waals surface area contributed by atoms with Crippen LogP contribution in [0.15, 0.2) is 53.1 Å². The van der Waals surface area contributed by atoms with E-state index in [-0.39, 0.29) is 5.89 Å². The minimum absolute atomic E-state index is 0.187. The van der Waals surface area contributed by atoms with Gasteiger partial charge in [0.2, 0.25) is 5.82 Å². The maximum absolute atomic E-state index is 12.5. The lowest BCUT2D eigenvalue weighted by molar-refractivity contribution is -0.137. The van der Waals surface area contributed by atoms with Gasteiger partial charge in [-0.25, -0.2) is 0 Å². The molecule has 22 heavy (non-hydrogen) atoms. The predicted octanol–water partition coefficient (Wildman–Crippen LogP) is 4.73. The van der Waals surface area contributed by atoms with Crippen LogP contribution in [0.1, 0.15) is 11.1 Å². The largest absolute Gasteiger partial charge is 0.416 e. The second kappa shape index (κ2) is 5.29. The molecule has 3 nitrogen and oxygen atoms in total. The number of rotatable bonds is 2. The number of aryl methyl sites for hydroxylation is 1. The second-order valence-corrected chi connectivity index (χ2v) is 4.81. The summed E-state index contributed by atoms with van der Waals surface area (Å²) in [6, 6.07) is 12.2. The molecule has 0 saturated carbocycles. The lowest BCUT2D eigenvalue weighted by atomic mass is 10.1. The molecule has 1 aromatic heterocycles. The van der Waals surface area contributed by atoms with Gasteiger partial charge in [0.15, 0.2) is 0 Å². The van der Waals surface area contributed by atoms with Crippen LogP contribution >= 0.6 is 0 Å². The Labute approximate surface area is 124 Å². The van der Waals surface area contributed by atoms with Crippen molar-refractivity contribution in [3.8, 4) is 22.8 Å². The number of halogens is 3. The lowest BCUT2D eigenvalue weighted by Crippen LogP contribution is -2.03. The smallest absolute Gasteiger partial charge is 0.334 e. The van der Waals surface area contributed by atoms with E-state index in [1.807, 2.05) is 31.2 Å². The van der Waals surface area contributed by atoms with Crippen molar-refractivity contribution in [1.82, 2.24) is 10.1 Å². The Hall–Kier alpha value is -2.63. The van der Waals surface area contributed by atoms with Crippen molar-refractivity contribution in [1.29, 1.82) is 0 Å². The first-order valence-electron chi connectivity index (χ1n) is 6.52. The summed E-state index contributed by atoms with van der Waals surface area (Å²) in [7, 11) is 0. The summed E-state index contributed by atoms with van der Waals surface area (Å²) in [5.74, 6) is 0.597. The summed E-state index contributed by atoms with van der Waals surface area (Å²) >= 11 is 0. The summed E-state index contributed by atoms with van der Waals surface area (Å²) in [4.78, 5) is 4.24. The molecule has 2 aromatic carbocycles. The number of aromatic nitrogens is 2. The van der Waals surface area contributed by atoms with Crippen LogP contribution in [0.25, 0.3) is 22.8 Å². The van der Waals surface area contributed by atoms with Crippen molar-refractivity contribution in [2.75, 3.05) is 0 Å². The molecule has 1 heterocycles. The summed E-state index contributed by atoms with van der Waals surface area (Å²) in [5, 5.41) is 3.89. The number of hydrogen-bond donors (Lipinski definition) is 0. The molecule has 0 unspecified atom stereocenters. The highest BCUT2D eigenvalue weighted by Gasteiger charge is 2.30. The van der Waals surface area contributed by atoms with Gasteiger partial charge < -0.3 is 4.52 Å². The Morgan fingerprint density at radius 3 is 2.27 bits per heavy atom. The highest BCUT2D eigenvalue weighted by atomic mass is 19.4. The fraction of sp³-hybridized carbons (Fsp3) is 0.125. The van der Waals surface area contributed by atoms with Gasteiger partial charge in [0.25, 0.3) is 5.89 Å². The fourth-order valence-corrected chi connectivity index (χ4v) is 2.08. The third kappa shape index (κ3) is 2.72. The van der Waals surface area contributed by atoms with Crippen LogP contribution in [0.2, 0.25) is 0 Å². The zero-order valence-electron chi connectivity index (χ0n) is 11.6. The van der Waals surface area contributed by atoms with Gasteiger partial charge in [0.05, 0.1) is 5.56 Å². The number of benzene rings is 2. The first kappa shape index (κ1) is 14.3. The van der Waals surface area contributed by atoms with Gasteiger partial charge in [0.1, 0.15) is 0 Å². The Morgan fingerprint density at radius 2 is 1.64 bits per heavy atom. The highest BCUT2D eigenvalue weighted by molar-refractivity contribution is 5.62. The van der Waals surface area contributed by atoms with Gasteiger partial charge in [-0.1, -0.05) is 29.4 Å². The Morgan fingerprint density at radius 1 is 0.955 bits per heavy atom. The minimum atomic E-state index is -4.36. The zero-order chi connectivity index (χ0) is 15.7. The highest BCUT2D eigenvalue weighted by Crippen LogP contribution is 2.31. The third-order valence-electron chi connectivity index (χ3n) is 3.27. The molecule has 0 N–H and O–H groups in total. The van der Waals surface area contributed by atoms with E-state index in [0.29, 0.717) is 11.4 Å². The monoisotopic (exact) mass is 304 g/mol. The molecule has 0 aliphatic carbocycles. The van der Waals surface area contributed by atoms with Crippen molar-refractivity contribution in [3.63, 3.8) is 0 Å². The maximum Gasteiger partial charge on any atom is 0.416 e. The van der Waals surface area contributed by atoms with Crippen LogP contribution in [0.4, 0.5) is 13.2 Å². The molecule has 0 aliphatic heterocycles. The van der Waals surface area contributed by atoms with Crippen LogP contribution in [0, 0.1) is 6.92 Å². The van der Waals surface area contributed by atoms with Crippen LogP contribution in [0.5, 0.6) is 0 Å². The van der Waals surface area contributed by atoms with E-state index in [1.165, 1.54) is 12.1 Å². The van der Waals surface area contributed by atoms with E-state index < -0.39 is 11.7 Å². The molecule has 0 atom stereocenters. The predicted molar refractivity (Wildman–Crippen MR) is 74.9 cm³/mol. The molecule has 0 spiro atoms.